The number of aromatic nitrogens is 2. The Balaban J connectivity index is 2.37. The van der Waals surface area contributed by atoms with Crippen molar-refractivity contribution in [2.45, 2.75) is 6.92 Å². The number of nitrogens with zero attached hydrogens (tertiary/aromatic N) is 3. The van der Waals surface area contributed by atoms with Crippen LogP contribution in [0.3, 0.4) is 0 Å². The highest BCUT2D eigenvalue weighted by molar-refractivity contribution is 6.30. The van der Waals surface area contributed by atoms with Gasteiger partial charge in [0, 0.05) is 11.6 Å². The van der Waals surface area contributed by atoms with E-state index in [1.54, 1.807) is 24.3 Å². The van der Waals surface area contributed by atoms with Crippen molar-refractivity contribution < 1.29 is 0 Å². The highest BCUT2D eigenvalue weighted by Crippen LogP contribution is 2.22. The molecule has 0 fully saturated rings. The summed E-state index contributed by atoms with van der Waals surface area (Å²) in [4.78, 5) is 18.2. The number of nitrogens with two attached hydrogens (primary N) is 1. The summed E-state index contributed by atoms with van der Waals surface area (Å²) >= 11 is 5.78. The van der Waals surface area contributed by atoms with Crippen molar-refractivity contribution in [2.24, 2.45) is 10.2 Å². The molecular weight excluding hydrogens is 280 g/mol. The van der Waals surface area contributed by atoms with Crippen LogP contribution in [-0.4, -0.2) is 16.5 Å². The fraction of sp³-hybridized carbons (Fsp3) is 0.167. The van der Waals surface area contributed by atoms with Crippen LogP contribution in [0.25, 0.3) is 0 Å². The Labute approximate surface area is 119 Å². The first kappa shape index (κ1) is 14.0. The van der Waals surface area contributed by atoms with Gasteiger partial charge in [-0.05, 0) is 31.2 Å². The van der Waals surface area contributed by atoms with E-state index in [0.717, 1.165) is 0 Å². The molecule has 0 atom stereocenters. The molecule has 2 rings (SSSR count). The van der Waals surface area contributed by atoms with Crippen LogP contribution in [-0.2, 0) is 0 Å². The van der Waals surface area contributed by atoms with E-state index in [0.29, 0.717) is 23.1 Å². The smallest absolute Gasteiger partial charge is 0.282 e. The summed E-state index contributed by atoms with van der Waals surface area (Å²) in [6.07, 6.45) is 0. The molecule has 20 heavy (non-hydrogen) atoms. The Morgan fingerprint density at radius 2 is 2.05 bits per heavy atom. The highest BCUT2D eigenvalue weighted by atomic mass is 35.5. The number of hydrogen-bond acceptors (Lipinski definition) is 6. The quantitative estimate of drug-likeness (QED) is 0.753. The monoisotopic (exact) mass is 292 g/mol. The van der Waals surface area contributed by atoms with Crippen molar-refractivity contribution >= 4 is 34.7 Å². The molecule has 1 aromatic carbocycles. The van der Waals surface area contributed by atoms with Crippen LogP contribution < -0.4 is 16.6 Å². The molecule has 0 bridgehead atoms. The second-order valence-electron chi connectivity index (χ2n) is 3.86. The maximum absolute atomic E-state index is 11.8. The van der Waals surface area contributed by atoms with Crippen molar-refractivity contribution in [3.63, 3.8) is 0 Å². The van der Waals surface area contributed by atoms with E-state index in [1.807, 2.05) is 6.92 Å². The summed E-state index contributed by atoms with van der Waals surface area (Å²) in [6, 6.07) is 6.76. The maximum Gasteiger partial charge on any atom is 0.282 e. The lowest BCUT2D eigenvalue weighted by atomic mass is 10.3. The van der Waals surface area contributed by atoms with Gasteiger partial charge in [0.05, 0.1) is 5.69 Å². The van der Waals surface area contributed by atoms with Gasteiger partial charge in [0.25, 0.3) is 5.56 Å². The average molecular weight is 293 g/mol. The zero-order valence-corrected chi connectivity index (χ0v) is 11.5. The van der Waals surface area contributed by atoms with Crippen LogP contribution >= 0.6 is 11.6 Å². The van der Waals surface area contributed by atoms with Crippen molar-refractivity contribution in [1.82, 2.24) is 9.97 Å². The number of nitrogens with one attached hydrogen (secondary N) is 2. The van der Waals surface area contributed by atoms with E-state index in [2.05, 4.69) is 25.5 Å². The standard InChI is InChI=1S/C12H13ClN6O/c1-2-15-10-9(11(20)17-12(14)16-10)19-18-8-5-3-7(13)4-6-8/h3-6H,2H2,1H3,(H4,14,15,16,17,20). The molecule has 0 unspecified atom stereocenters. The lowest BCUT2D eigenvalue weighted by Crippen LogP contribution is -2.14. The first-order valence-electron chi connectivity index (χ1n) is 5.91. The number of rotatable bonds is 4. The van der Waals surface area contributed by atoms with Crippen molar-refractivity contribution in [2.75, 3.05) is 17.6 Å². The van der Waals surface area contributed by atoms with Crippen molar-refractivity contribution in [3.05, 3.63) is 39.6 Å². The average Bonchev–Trinajstić information content (AvgIpc) is 2.40. The van der Waals surface area contributed by atoms with E-state index >= 15 is 0 Å². The van der Waals surface area contributed by atoms with Crippen LogP contribution in [0.2, 0.25) is 5.02 Å². The normalized spacial score (nSPS) is 10.9. The predicted octanol–water partition coefficient (Wildman–Crippen LogP) is 2.85. The largest absolute Gasteiger partial charge is 0.369 e. The number of benzene rings is 1. The highest BCUT2D eigenvalue weighted by Gasteiger charge is 2.09. The molecule has 1 heterocycles. The van der Waals surface area contributed by atoms with Crippen LogP contribution in [0, 0.1) is 0 Å². The molecule has 0 saturated carbocycles. The van der Waals surface area contributed by atoms with Gasteiger partial charge in [-0.2, -0.15) is 10.1 Å². The molecule has 0 radical (unpaired) electrons. The van der Waals surface area contributed by atoms with Crippen molar-refractivity contribution in [1.29, 1.82) is 0 Å². The van der Waals surface area contributed by atoms with E-state index < -0.39 is 5.56 Å². The molecule has 0 aliphatic rings. The minimum Gasteiger partial charge on any atom is -0.369 e. The number of hydrogen-bond donors (Lipinski definition) is 3. The van der Waals surface area contributed by atoms with Gasteiger partial charge in [-0.1, -0.05) is 11.6 Å². The summed E-state index contributed by atoms with van der Waals surface area (Å²) in [5.41, 5.74) is 5.69. The van der Waals surface area contributed by atoms with Gasteiger partial charge in [-0.3, -0.25) is 9.78 Å². The number of azo groups is 1. The fourth-order valence-corrected chi connectivity index (χ4v) is 1.61. The molecular formula is C12H13ClN6O. The van der Waals surface area contributed by atoms with Gasteiger partial charge in [0.1, 0.15) is 0 Å². The first-order valence-corrected chi connectivity index (χ1v) is 6.29. The molecule has 7 nitrogen and oxygen atoms in total. The van der Waals surface area contributed by atoms with Gasteiger partial charge < -0.3 is 11.1 Å². The molecule has 0 saturated heterocycles. The topological polar surface area (TPSA) is 109 Å². The first-order chi connectivity index (χ1) is 9.60. The molecule has 0 spiro atoms. The second-order valence-corrected chi connectivity index (χ2v) is 4.29. The van der Waals surface area contributed by atoms with Gasteiger partial charge in [-0.25, -0.2) is 0 Å². The van der Waals surface area contributed by atoms with E-state index in [9.17, 15) is 4.79 Å². The number of H-pyrrole nitrogens is 1. The molecule has 2 aromatic rings. The van der Waals surface area contributed by atoms with Gasteiger partial charge in [-0.15, -0.1) is 5.11 Å². The number of anilines is 2. The number of aromatic amines is 1. The maximum atomic E-state index is 11.8. The SMILES string of the molecule is CCNc1nc(N)[nH]c(=O)c1N=Nc1ccc(Cl)cc1. The van der Waals surface area contributed by atoms with Gasteiger partial charge in [0.15, 0.2) is 11.5 Å². The second kappa shape index (κ2) is 6.16. The zero-order chi connectivity index (χ0) is 14.5. The third-order valence-electron chi connectivity index (χ3n) is 2.35. The summed E-state index contributed by atoms with van der Waals surface area (Å²) in [7, 11) is 0. The Kier molecular flexibility index (Phi) is 4.31. The minimum absolute atomic E-state index is 0.0244. The van der Waals surface area contributed by atoms with Gasteiger partial charge in [0.2, 0.25) is 5.95 Å². The third kappa shape index (κ3) is 3.33. The number of nitrogen functional groups attached to an aromatic ring is 1. The van der Waals surface area contributed by atoms with E-state index in [1.165, 1.54) is 0 Å². The van der Waals surface area contributed by atoms with Crippen LogP contribution in [0.5, 0.6) is 0 Å². The van der Waals surface area contributed by atoms with Gasteiger partial charge >= 0.3 is 0 Å². The Morgan fingerprint density at radius 3 is 2.70 bits per heavy atom. The predicted molar refractivity (Wildman–Crippen MR) is 79.1 cm³/mol. The molecule has 8 heteroatoms. The molecule has 0 aliphatic heterocycles. The Bertz CT molecular complexity index is 679. The summed E-state index contributed by atoms with van der Waals surface area (Å²) in [5.74, 6) is 0.322. The number of halogens is 1. The molecule has 0 amide bonds. The summed E-state index contributed by atoms with van der Waals surface area (Å²) in [6.45, 7) is 2.46. The molecule has 104 valence electrons. The third-order valence-corrected chi connectivity index (χ3v) is 2.60. The Hall–Kier alpha value is -2.41. The molecule has 0 aliphatic carbocycles. The molecule has 1 aromatic heterocycles. The Morgan fingerprint density at radius 1 is 1.35 bits per heavy atom. The molecule has 4 N–H and O–H groups in total. The lowest BCUT2D eigenvalue weighted by molar-refractivity contribution is 1.07. The lowest BCUT2D eigenvalue weighted by Gasteiger charge is -2.05. The van der Waals surface area contributed by atoms with Crippen LogP contribution in [0.15, 0.2) is 39.3 Å². The van der Waals surface area contributed by atoms with E-state index in [4.69, 9.17) is 17.3 Å². The van der Waals surface area contributed by atoms with Crippen molar-refractivity contribution in [3.8, 4) is 0 Å². The van der Waals surface area contributed by atoms with Crippen LogP contribution in [0.1, 0.15) is 6.92 Å². The van der Waals surface area contributed by atoms with Crippen LogP contribution in [0.4, 0.5) is 23.1 Å². The summed E-state index contributed by atoms with van der Waals surface area (Å²) in [5, 5.41) is 11.4. The fourth-order valence-electron chi connectivity index (χ4n) is 1.48. The minimum atomic E-state index is -0.453. The zero-order valence-electron chi connectivity index (χ0n) is 10.7. The van der Waals surface area contributed by atoms with E-state index in [-0.39, 0.29) is 11.6 Å². The summed E-state index contributed by atoms with van der Waals surface area (Å²) < 4.78 is 0.